The van der Waals surface area contributed by atoms with E-state index in [0.29, 0.717) is 18.8 Å². The lowest BCUT2D eigenvalue weighted by Gasteiger charge is -2.35. The second-order valence-corrected chi connectivity index (χ2v) is 7.06. The van der Waals surface area contributed by atoms with E-state index in [-0.39, 0.29) is 5.91 Å². The van der Waals surface area contributed by atoms with E-state index in [1.54, 1.807) is 18.6 Å². The summed E-state index contributed by atoms with van der Waals surface area (Å²) in [6.07, 6.45) is 7.57. The summed E-state index contributed by atoms with van der Waals surface area (Å²) in [4.78, 5) is 25.0. The van der Waals surface area contributed by atoms with E-state index in [9.17, 15) is 4.79 Å². The van der Waals surface area contributed by atoms with Crippen molar-refractivity contribution in [1.29, 1.82) is 0 Å². The van der Waals surface area contributed by atoms with Crippen molar-refractivity contribution in [2.45, 2.75) is 32.1 Å². The summed E-state index contributed by atoms with van der Waals surface area (Å²) < 4.78 is 5.90. The molecule has 1 saturated heterocycles. The van der Waals surface area contributed by atoms with Gasteiger partial charge in [-0.2, -0.15) is 0 Å². The molecule has 1 saturated carbocycles. The second kappa shape index (κ2) is 6.86. The number of carbonyl (C=O) groups excluding carboxylic acids is 1. The third-order valence-electron chi connectivity index (χ3n) is 5.25. The zero-order chi connectivity index (χ0) is 17.2. The molecule has 132 valence electrons. The van der Waals surface area contributed by atoms with Crippen LogP contribution in [0.15, 0.2) is 35.1 Å². The highest BCUT2D eigenvalue weighted by Gasteiger charge is 2.36. The molecule has 25 heavy (non-hydrogen) atoms. The van der Waals surface area contributed by atoms with Gasteiger partial charge in [-0.15, -0.1) is 0 Å². The van der Waals surface area contributed by atoms with Gasteiger partial charge in [0, 0.05) is 57.3 Å². The van der Waals surface area contributed by atoms with Crippen molar-refractivity contribution in [1.82, 2.24) is 14.9 Å². The Morgan fingerprint density at radius 3 is 2.72 bits per heavy atom. The number of aryl methyl sites for hydroxylation is 1. The van der Waals surface area contributed by atoms with Crippen LogP contribution in [0.2, 0.25) is 0 Å². The molecule has 2 atom stereocenters. The summed E-state index contributed by atoms with van der Waals surface area (Å²) in [6.45, 7) is 5.32. The first-order chi connectivity index (χ1) is 12.2. The van der Waals surface area contributed by atoms with Crippen molar-refractivity contribution in [2.75, 3.05) is 31.1 Å². The zero-order valence-corrected chi connectivity index (χ0v) is 14.6. The van der Waals surface area contributed by atoms with E-state index >= 15 is 0 Å². The topological polar surface area (TPSA) is 62.5 Å². The Kier molecular flexibility index (Phi) is 4.42. The maximum Gasteiger partial charge on any atom is 0.223 e. The van der Waals surface area contributed by atoms with Crippen molar-refractivity contribution in [3.8, 4) is 0 Å². The minimum atomic E-state index is 0.205. The van der Waals surface area contributed by atoms with Crippen LogP contribution in [0, 0.1) is 5.92 Å². The Bertz CT molecular complexity index is 722. The monoisotopic (exact) mass is 340 g/mol. The number of carbonyl (C=O) groups is 1. The highest BCUT2D eigenvalue weighted by molar-refractivity contribution is 5.76. The number of hydrogen-bond donors (Lipinski definition) is 0. The van der Waals surface area contributed by atoms with Gasteiger partial charge >= 0.3 is 0 Å². The fraction of sp³-hybridized carbons (Fsp3) is 0.526. The number of nitrogens with zero attached hydrogens (tertiary/aromatic N) is 4. The molecular formula is C19H24N4O2. The summed E-state index contributed by atoms with van der Waals surface area (Å²) in [6, 6.07) is 4.10. The highest BCUT2D eigenvalue weighted by Crippen LogP contribution is 2.47. The lowest BCUT2D eigenvalue weighted by molar-refractivity contribution is -0.131. The maximum atomic E-state index is 12.5. The SMILES string of the molecule is C[C@H]1C[C@H]1c1ccc(CCC(=O)N2CCN(c3cnccn3)CC2)o1. The molecule has 0 N–H and O–H groups in total. The smallest absolute Gasteiger partial charge is 0.223 e. The molecule has 6 nitrogen and oxygen atoms in total. The van der Waals surface area contributed by atoms with Gasteiger partial charge in [-0.1, -0.05) is 6.92 Å². The molecule has 6 heteroatoms. The molecule has 4 rings (SSSR count). The Hall–Kier alpha value is -2.37. The number of hydrogen-bond acceptors (Lipinski definition) is 5. The summed E-state index contributed by atoms with van der Waals surface area (Å²) in [5.74, 6) is 4.45. The summed E-state index contributed by atoms with van der Waals surface area (Å²) in [5, 5.41) is 0. The molecule has 2 aliphatic rings. The van der Waals surface area contributed by atoms with E-state index in [1.165, 1.54) is 6.42 Å². The predicted octanol–water partition coefficient (Wildman–Crippen LogP) is 2.47. The molecule has 1 amide bonds. The number of amides is 1. The normalized spacial score (nSPS) is 22.9. The fourth-order valence-electron chi connectivity index (χ4n) is 3.47. The van der Waals surface area contributed by atoms with Gasteiger partial charge in [0.15, 0.2) is 0 Å². The summed E-state index contributed by atoms with van der Waals surface area (Å²) in [7, 11) is 0. The molecule has 0 unspecified atom stereocenters. The van der Waals surface area contributed by atoms with Crippen LogP contribution in [0.5, 0.6) is 0 Å². The minimum absolute atomic E-state index is 0.205. The fourth-order valence-corrected chi connectivity index (χ4v) is 3.47. The van der Waals surface area contributed by atoms with E-state index in [1.807, 2.05) is 11.0 Å². The molecule has 2 aromatic rings. The number of furan rings is 1. The number of anilines is 1. The van der Waals surface area contributed by atoms with E-state index in [2.05, 4.69) is 27.9 Å². The predicted molar refractivity (Wildman–Crippen MR) is 94.4 cm³/mol. The molecule has 0 spiro atoms. The Balaban J connectivity index is 1.24. The van der Waals surface area contributed by atoms with E-state index in [0.717, 1.165) is 49.4 Å². The molecule has 0 bridgehead atoms. The highest BCUT2D eigenvalue weighted by atomic mass is 16.3. The average molecular weight is 340 g/mol. The standard InChI is InChI=1S/C19H24N4O2/c1-14-12-16(14)17-4-2-15(25-17)3-5-19(24)23-10-8-22(9-11-23)18-13-20-6-7-21-18/h2,4,6-7,13-14,16H,3,5,8-12H2,1H3/t14-,16+/m0/s1. The van der Waals surface area contributed by atoms with Crippen LogP contribution in [0.1, 0.15) is 37.2 Å². The number of aromatic nitrogens is 2. The lowest BCUT2D eigenvalue weighted by Crippen LogP contribution is -2.49. The largest absolute Gasteiger partial charge is 0.466 e. The van der Waals surface area contributed by atoms with Gasteiger partial charge < -0.3 is 14.2 Å². The van der Waals surface area contributed by atoms with E-state index in [4.69, 9.17) is 4.42 Å². The second-order valence-electron chi connectivity index (χ2n) is 7.06. The third kappa shape index (κ3) is 3.67. The zero-order valence-electron chi connectivity index (χ0n) is 14.6. The Labute approximate surface area is 147 Å². The molecule has 3 heterocycles. The number of piperazine rings is 1. The minimum Gasteiger partial charge on any atom is -0.466 e. The van der Waals surface area contributed by atoms with Gasteiger partial charge in [0.1, 0.15) is 17.3 Å². The van der Waals surface area contributed by atoms with Gasteiger partial charge in [-0.05, 0) is 24.5 Å². The van der Waals surface area contributed by atoms with Crippen LogP contribution in [0.3, 0.4) is 0 Å². The molecule has 0 radical (unpaired) electrons. The van der Waals surface area contributed by atoms with Crippen LogP contribution < -0.4 is 4.90 Å². The van der Waals surface area contributed by atoms with Gasteiger partial charge in [0.05, 0.1) is 6.20 Å². The first-order valence-corrected chi connectivity index (χ1v) is 9.08. The Morgan fingerprint density at radius 2 is 2.04 bits per heavy atom. The van der Waals surface area contributed by atoms with Crippen LogP contribution in [0.4, 0.5) is 5.82 Å². The third-order valence-corrected chi connectivity index (χ3v) is 5.25. The average Bonchev–Trinajstić information content (AvgIpc) is 3.20. The van der Waals surface area contributed by atoms with Crippen molar-refractivity contribution in [3.05, 3.63) is 42.2 Å². The van der Waals surface area contributed by atoms with Crippen molar-refractivity contribution in [3.63, 3.8) is 0 Å². The molecule has 1 aliphatic heterocycles. The molecule has 2 aromatic heterocycles. The van der Waals surface area contributed by atoms with Crippen molar-refractivity contribution < 1.29 is 9.21 Å². The van der Waals surface area contributed by atoms with Crippen LogP contribution in [-0.4, -0.2) is 47.0 Å². The lowest BCUT2D eigenvalue weighted by atomic mass is 10.2. The quantitative estimate of drug-likeness (QED) is 0.837. The first-order valence-electron chi connectivity index (χ1n) is 9.08. The van der Waals surface area contributed by atoms with Gasteiger partial charge in [-0.25, -0.2) is 4.98 Å². The van der Waals surface area contributed by atoms with Crippen molar-refractivity contribution in [2.24, 2.45) is 5.92 Å². The van der Waals surface area contributed by atoms with Gasteiger partial charge in [0.2, 0.25) is 5.91 Å². The van der Waals surface area contributed by atoms with E-state index < -0.39 is 0 Å². The molecule has 1 aliphatic carbocycles. The summed E-state index contributed by atoms with van der Waals surface area (Å²) in [5.41, 5.74) is 0. The summed E-state index contributed by atoms with van der Waals surface area (Å²) >= 11 is 0. The molecule has 2 fully saturated rings. The Morgan fingerprint density at radius 1 is 1.24 bits per heavy atom. The van der Waals surface area contributed by atoms with Crippen molar-refractivity contribution >= 4 is 11.7 Å². The maximum absolute atomic E-state index is 12.5. The first kappa shape index (κ1) is 16.1. The van der Waals surface area contributed by atoms with Crippen LogP contribution in [0.25, 0.3) is 0 Å². The molecule has 0 aromatic carbocycles. The van der Waals surface area contributed by atoms with Crippen LogP contribution in [-0.2, 0) is 11.2 Å². The van der Waals surface area contributed by atoms with Gasteiger partial charge in [0.25, 0.3) is 0 Å². The molecular weight excluding hydrogens is 316 g/mol. The van der Waals surface area contributed by atoms with Crippen LogP contribution >= 0.6 is 0 Å². The van der Waals surface area contributed by atoms with Gasteiger partial charge in [-0.3, -0.25) is 9.78 Å². The number of rotatable bonds is 5.